The Bertz CT molecular complexity index is 1030. The Balaban J connectivity index is 1.78. The Kier molecular flexibility index (Phi) is 6.68. The van der Waals surface area contributed by atoms with Crippen molar-refractivity contribution in [1.29, 1.82) is 0 Å². The number of rotatable bonds is 6. The van der Waals surface area contributed by atoms with Crippen molar-refractivity contribution in [2.24, 2.45) is 0 Å². The summed E-state index contributed by atoms with van der Waals surface area (Å²) < 4.78 is 10.9. The lowest BCUT2D eigenvalue weighted by molar-refractivity contribution is -0.127. The number of aromatic hydroxyl groups is 1. The van der Waals surface area contributed by atoms with Gasteiger partial charge in [0.2, 0.25) is 11.7 Å². The van der Waals surface area contributed by atoms with Gasteiger partial charge in [0.25, 0.3) is 11.1 Å². The summed E-state index contributed by atoms with van der Waals surface area (Å²) in [4.78, 5) is 38.3. The van der Waals surface area contributed by atoms with Gasteiger partial charge in [-0.25, -0.2) is 0 Å². The molecule has 2 aromatic rings. The summed E-state index contributed by atoms with van der Waals surface area (Å²) in [5, 5.41) is 12.1. The van der Waals surface area contributed by atoms with Crippen LogP contribution in [0.25, 0.3) is 6.08 Å². The van der Waals surface area contributed by atoms with Gasteiger partial charge in [0.15, 0.2) is 11.5 Å². The summed E-state index contributed by atoms with van der Waals surface area (Å²) in [7, 11) is 2.77. The normalized spacial score (nSPS) is 14.9. The summed E-state index contributed by atoms with van der Waals surface area (Å²) in [5.74, 6) is -0.939. The van der Waals surface area contributed by atoms with Crippen LogP contribution in [-0.2, 0) is 9.59 Å². The molecule has 156 valence electrons. The predicted molar refractivity (Wildman–Crippen MR) is 117 cm³/mol. The van der Waals surface area contributed by atoms with Gasteiger partial charge < -0.3 is 19.9 Å². The first-order valence-electron chi connectivity index (χ1n) is 8.58. The first-order chi connectivity index (χ1) is 14.3. The highest BCUT2D eigenvalue weighted by Crippen LogP contribution is 2.39. The van der Waals surface area contributed by atoms with E-state index in [4.69, 9.17) is 9.47 Å². The van der Waals surface area contributed by atoms with E-state index in [1.54, 1.807) is 24.3 Å². The number of methoxy groups -OCH3 is 2. The number of imide groups is 1. The molecule has 1 fully saturated rings. The number of para-hydroxylation sites is 1. The van der Waals surface area contributed by atoms with Crippen molar-refractivity contribution in [3.63, 3.8) is 0 Å². The maximum atomic E-state index is 12.7. The number of nitrogens with zero attached hydrogens (tertiary/aromatic N) is 1. The van der Waals surface area contributed by atoms with Crippen molar-refractivity contribution in [2.45, 2.75) is 0 Å². The minimum atomic E-state index is -0.585. The van der Waals surface area contributed by atoms with Crippen LogP contribution < -0.4 is 14.8 Å². The van der Waals surface area contributed by atoms with Gasteiger partial charge in [-0.15, -0.1) is 0 Å². The number of carbonyl (C=O) groups excluding carboxylic acids is 3. The van der Waals surface area contributed by atoms with Crippen LogP contribution in [0.5, 0.6) is 17.2 Å². The van der Waals surface area contributed by atoms with Crippen LogP contribution in [0.2, 0.25) is 0 Å². The quantitative estimate of drug-likeness (QED) is 0.589. The van der Waals surface area contributed by atoms with E-state index < -0.39 is 23.6 Å². The number of carbonyl (C=O) groups is 3. The van der Waals surface area contributed by atoms with E-state index >= 15 is 0 Å². The summed E-state index contributed by atoms with van der Waals surface area (Å²) in [6.45, 7) is -0.411. The molecule has 2 aromatic carbocycles. The van der Waals surface area contributed by atoms with Gasteiger partial charge in [0.05, 0.1) is 24.8 Å². The number of benzene rings is 2. The molecule has 10 heteroatoms. The average Bonchev–Trinajstić information content (AvgIpc) is 2.98. The smallest absolute Gasteiger partial charge is 0.294 e. The fourth-order valence-corrected chi connectivity index (χ4v) is 3.90. The van der Waals surface area contributed by atoms with E-state index in [1.807, 2.05) is 0 Å². The van der Waals surface area contributed by atoms with Crippen LogP contribution in [-0.4, -0.2) is 47.8 Å². The minimum Gasteiger partial charge on any atom is -0.502 e. The monoisotopic (exact) mass is 492 g/mol. The van der Waals surface area contributed by atoms with E-state index in [0.29, 0.717) is 15.7 Å². The fourth-order valence-electron chi connectivity index (χ4n) is 2.68. The van der Waals surface area contributed by atoms with Gasteiger partial charge in [-0.1, -0.05) is 12.1 Å². The average molecular weight is 493 g/mol. The van der Waals surface area contributed by atoms with Crippen molar-refractivity contribution >= 4 is 56.5 Å². The molecule has 0 aromatic heterocycles. The molecule has 2 N–H and O–H groups in total. The van der Waals surface area contributed by atoms with E-state index in [0.717, 1.165) is 16.7 Å². The molecular weight excluding hydrogens is 476 g/mol. The van der Waals surface area contributed by atoms with Crippen molar-refractivity contribution < 1.29 is 29.0 Å². The second kappa shape index (κ2) is 9.23. The number of ether oxygens (including phenoxy) is 2. The minimum absolute atomic E-state index is 0.142. The summed E-state index contributed by atoms with van der Waals surface area (Å²) >= 11 is 4.05. The van der Waals surface area contributed by atoms with Gasteiger partial charge in [-0.05, 0) is 63.6 Å². The standard InChI is InChI=1S/C20H17BrN2O6S/c1-28-14-7-11(8-15(29-2)18(14)25)9-16-19(26)23(20(27)30-16)10-17(24)22-13-6-4-3-5-12(13)21/h3-9,25H,10H2,1-2H3,(H,22,24)/b16-9+. The van der Waals surface area contributed by atoms with E-state index in [1.165, 1.54) is 32.4 Å². The van der Waals surface area contributed by atoms with Gasteiger partial charge in [-0.3, -0.25) is 19.3 Å². The van der Waals surface area contributed by atoms with Crippen molar-refractivity contribution in [3.8, 4) is 17.2 Å². The van der Waals surface area contributed by atoms with Crippen molar-refractivity contribution in [1.82, 2.24) is 4.90 Å². The van der Waals surface area contributed by atoms with Crippen LogP contribution in [0.3, 0.4) is 0 Å². The Labute approximate surface area is 185 Å². The zero-order valence-electron chi connectivity index (χ0n) is 16.0. The molecule has 30 heavy (non-hydrogen) atoms. The second-order valence-electron chi connectivity index (χ2n) is 6.07. The molecule has 3 rings (SSSR count). The summed E-state index contributed by atoms with van der Waals surface area (Å²) in [6.07, 6.45) is 1.47. The van der Waals surface area contributed by atoms with Gasteiger partial charge in [0, 0.05) is 4.47 Å². The van der Waals surface area contributed by atoms with Crippen LogP contribution >= 0.6 is 27.7 Å². The third-order valence-electron chi connectivity index (χ3n) is 4.12. The zero-order valence-corrected chi connectivity index (χ0v) is 18.4. The van der Waals surface area contributed by atoms with Crippen LogP contribution in [0.15, 0.2) is 45.8 Å². The Morgan fingerprint density at radius 1 is 1.20 bits per heavy atom. The van der Waals surface area contributed by atoms with Gasteiger partial charge >= 0.3 is 0 Å². The topological polar surface area (TPSA) is 105 Å². The van der Waals surface area contributed by atoms with Crippen molar-refractivity contribution in [3.05, 3.63) is 51.3 Å². The van der Waals surface area contributed by atoms with Crippen molar-refractivity contribution in [2.75, 3.05) is 26.1 Å². The van der Waals surface area contributed by atoms with Crippen LogP contribution in [0.1, 0.15) is 5.56 Å². The third kappa shape index (κ3) is 4.60. The second-order valence-corrected chi connectivity index (χ2v) is 7.92. The Morgan fingerprint density at radius 3 is 2.43 bits per heavy atom. The highest BCUT2D eigenvalue weighted by Gasteiger charge is 2.36. The maximum absolute atomic E-state index is 12.7. The lowest BCUT2D eigenvalue weighted by Gasteiger charge is -2.13. The number of thioether (sulfide) groups is 1. The highest BCUT2D eigenvalue weighted by molar-refractivity contribution is 9.10. The molecule has 0 bridgehead atoms. The molecule has 0 spiro atoms. The Hall–Kier alpha value is -2.98. The SMILES string of the molecule is COc1cc(/C=C2/SC(=O)N(CC(=O)Nc3ccccc3Br)C2=O)cc(OC)c1O. The number of phenols is 1. The van der Waals surface area contributed by atoms with E-state index in [-0.39, 0.29) is 22.2 Å². The molecule has 8 nitrogen and oxygen atoms in total. The molecule has 0 atom stereocenters. The number of anilines is 1. The van der Waals surface area contributed by atoms with Crippen LogP contribution in [0.4, 0.5) is 10.5 Å². The highest BCUT2D eigenvalue weighted by atomic mass is 79.9. The fraction of sp³-hybridized carbons (Fsp3) is 0.150. The molecule has 1 saturated heterocycles. The summed E-state index contributed by atoms with van der Waals surface area (Å²) in [5.41, 5.74) is 1.03. The predicted octanol–water partition coefficient (Wildman–Crippen LogP) is 3.85. The van der Waals surface area contributed by atoms with Gasteiger partial charge in [0.1, 0.15) is 6.54 Å². The molecule has 0 saturated carbocycles. The molecular formula is C20H17BrN2O6S. The molecule has 0 aliphatic carbocycles. The largest absolute Gasteiger partial charge is 0.502 e. The lowest BCUT2D eigenvalue weighted by atomic mass is 10.1. The number of halogens is 1. The molecule has 3 amide bonds. The van der Waals surface area contributed by atoms with E-state index in [2.05, 4.69) is 21.2 Å². The Morgan fingerprint density at radius 2 is 1.83 bits per heavy atom. The molecule has 1 aliphatic rings. The number of nitrogens with one attached hydrogen (secondary N) is 1. The molecule has 0 unspecified atom stereocenters. The molecule has 1 heterocycles. The number of phenolic OH excluding ortho intramolecular Hbond substituents is 1. The number of hydrogen-bond acceptors (Lipinski definition) is 7. The zero-order chi connectivity index (χ0) is 21.8. The summed E-state index contributed by atoms with van der Waals surface area (Å²) in [6, 6.07) is 10.0. The van der Waals surface area contributed by atoms with Crippen LogP contribution in [0, 0.1) is 0 Å². The first-order valence-corrected chi connectivity index (χ1v) is 10.2. The molecule has 1 aliphatic heterocycles. The first kappa shape index (κ1) is 21.7. The number of amides is 3. The lowest BCUT2D eigenvalue weighted by Crippen LogP contribution is -2.36. The maximum Gasteiger partial charge on any atom is 0.294 e. The molecule has 0 radical (unpaired) electrons. The van der Waals surface area contributed by atoms with E-state index in [9.17, 15) is 19.5 Å². The third-order valence-corrected chi connectivity index (χ3v) is 5.72. The van der Waals surface area contributed by atoms with Gasteiger partial charge in [-0.2, -0.15) is 0 Å². The number of hydrogen-bond donors (Lipinski definition) is 2.